The molecule has 50 heavy (non-hydrogen) atoms. The molecule has 0 spiro atoms. The van der Waals surface area contributed by atoms with Gasteiger partial charge in [0.15, 0.2) is 12.6 Å². The standard InChI is InChI=1S/C38H49F2N5O5/c1-4-27-30(39)7-6-25-16-26(50-23-48-3)17-28(31(25)27)33-32(40)34-29(18-41-33)35(45-13-5-10-37(2,47)20-45)43-36(42-34)49-22-38(11-12-38)21-44-14-8-24(19-46)9-15-44/h6-7,16-18,24,29,34,46-47H,4-5,8-15,19-23H2,1-3H3/t29?,34?,37-/m1/s1. The van der Waals surface area contributed by atoms with Crippen molar-refractivity contribution in [1.82, 2.24) is 9.80 Å². The number of benzene rings is 2. The summed E-state index contributed by atoms with van der Waals surface area (Å²) < 4.78 is 49.6. The predicted octanol–water partition coefficient (Wildman–Crippen LogP) is 5.35. The van der Waals surface area contributed by atoms with Crippen LogP contribution < -0.4 is 4.74 Å². The average Bonchev–Trinajstić information content (AvgIpc) is 3.88. The number of aliphatic imine (C=N–C) groups is 3. The number of likely N-dealkylation sites (tertiary alicyclic amines) is 2. The Hall–Kier alpha value is -3.45. The number of hydrogen-bond acceptors (Lipinski definition) is 10. The maximum atomic E-state index is 17.1. The molecule has 4 heterocycles. The third-order valence-corrected chi connectivity index (χ3v) is 11.0. The van der Waals surface area contributed by atoms with Crippen LogP contribution in [-0.2, 0) is 15.9 Å². The highest BCUT2D eigenvalue weighted by Gasteiger charge is 2.47. The number of methoxy groups -OCH3 is 1. The number of aliphatic hydroxyl groups excluding tert-OH is 1. The maximum absolute atomic E-state index is 17.1. The van der Waals surface area contributed by atoms with Crippen molar-refractivity contribution in [2.75, 3.05) is 59.8 Å². The first-order valence-corrected chi connectivity index (χ1v) is 18.0. The first-order valence-electron chi connectivity index (χ1n) is 18.0. The molecule has 1 aliphatic carbocycles. The van der Waals surface area contributed by atoms with E-state index in [2.05, 4.69) is 9.89 Å². The summed E-state index contributed by atoms with van der Waals surface area (Å²) in [6, 6.07) is 5.70. The first kappa shape index (κ1) is 35.0. The minimum Gasteiger partial charge on any atom is -0.468 e. The summed E-state index contributed by atoms with van der Waals surface area (Å²) in [7, 11) is 1.52. The molecule has 4 aliphatic heterocycles. The lowest BCUT2D eigenvalue weighted by Crippen LogP contribution is -2.53. The van der Waals surface area contributed by atoms with E-state index in [4.69, 9.17) is 24.2 Å². The monoisotopic (exact) mass is 693 g/mol. The van der Waals surface area contributed by atoms with Crippen LogP contribution in [0.4, 0.5) is 8.78 Å². The molecule has 0 bridgehead atoms. The van der Waals surface area contributed by atoms with E-state index in [1.54, 1.807) is 24.4 Å². The fourth-order valence-electron chi connectivity index (χ4n) is 8.00. The van der Waals surface area contributed by atoms with E-state index in [0.29, 0.717) is 71.9 Å². The quantitative estimate of drug-likeness (QED) is 0.323. The normalized spacial score (nSPS) is 26.9. The number of β-amino-alcohol motifs (C(OH)–C–C–N with tert-alkyl or cyclic N) is 1. The van der Waals surface area contributed by atoms with Crippen LogP contribution >= 0.6 is 0 Å². The summed E-state index contributed by atoms with van der Waals surface area (Å²) in [6.07, 6.45) is 7.58. The molecule has 10 nitrogen and oxygen atoms in total. The summed E-state index contributed by atoms with van der Waals surface area (Å²) in [5.41, 5.74) is 0.0332. The smallest absolute Gasteiger partial charge is 0.314 e. The molecule has 0 aromatic heterocycles. The van der Waals surface area contributed by atoms with Crippen molar-refractivity contribution in [3.05, 3.63) is 47.0 Å². The summed E-state index contributed by atoms with van der Waals surface area (Å²) in [5, 5.41) is 21.8. The molecule has 3 fully saturated rings. The van der Waals surface area contributed by atoms with Crippen LogP contribution in [-0.4, -0.2) is 110 Å². The molecule has 12 heteroatoms. The second kappa shape index (κ2) is 14.3. The SMILES string of the molecule is CCc1c(F)ccc2cc(OCOC)cc(C3=C(F)C4N=C(OCC5(CN6CCC(CO)CC6)CC5)N=C(N5CCC[C@@](C)(O)C5)C4C=N3)c12. The Morgan fingerprint density at radius 3 is 2.56 bits per heavy atom. The van der Waals surface area contributed by atoms with Gasteiger partial charge in [-0.05, 0) is 105 Å². The van der Waals surface area contributed by atoms with Gasteiger partial charge in [0.25, 0.3) is 0 Å². The molecule has 270 valence electrons. The number of rotatable bonds is 10. The zero-order chi connectivity index (χ0) is 35.0. The van der Waals surface area contributed by atoms with Gasteiger partial charge in [0, 0.05) is 50.5 Å². The molecule has 5 aliphatic rings. The second-order valence-electron chi connectivity index (χ2n) is 15.0. The minimum atomic E-state index is -0.998. The van der Waals surface area contributed by atoms with Crippen molar-refractivity contribution in [3.63, 3.8) is 0 Å². The molecule has 1 saturated carbocycles. The fourth-order valence-corrected chi connectivity index (χ4v) is 8.00. The first-order chi connectivity index (χ1) is 24.1. The lowest BCUT2D eigenvalue weighted by atomic mass is 9.88. The molecule has 2 aromatic carbocycles. The van der Waals surface area contributed by atoms with Gasteiger partial charge in [0.1, 0.15) is 29.1 Å². The Balaban J connectivity index is 1.23. The van der Waals surface area contributed by atoms with Crippen molar-refractivity contribution < 1.29 is 33.2 Å². The Bertz CT molecular complexity index is 1710. The van der Waals surface area contributed by atoms with E-state index in [9.17, 15) is 10.2 Å². The zero-order valence-electron chi connectivity index (χ0n) is 29.3. The third kappa shape index (κ3) is 7.17. The van der Waals surface area contributed by atoms with Crippen LogP contribution in [0.15, 0.2) is 45.1 Å². The lowest BCUT2D eigenvalue weighted by molar-refractivity contribution is 0.00452. The number of halogens is 2. The van der Waals surface area contributed by atoms with Gasteiger partial charge in [-0.3, -0.25) is 4.99 Å². The van der Waals surface area contributed by atoms with Gasteiger partial charge in [0.05, 0.1) is 18.1 Å². The summed E-state index contributed by atoms with van der Waals surface area (Å²) >= 11 is 0. The van der Waals surface area contributed by atoms with E-state index in [0.717, 1.165) is 51.7 Å². The number of aryl methyl sites for hydroxylation is 1. The van der Waals surface area contributed by atoms with E-state index in [1.165, 1.54) is 13.2 Å². The Morgan fingerprint density at radius 2 is 1.86 bits per heavy atom. The maximum Gasteiger partial charge on any atom is 0.314 e. The van der Waals surface area contributed by atoms with Gasteiger partial charge in [-0.25, -0.2) is 13.8 Å². The fraction of sp³-hybridized carbons (Fsp3) is 0.605. The van der Waals surface area contributed by atoms with Crippen LogP contribution in [0.2, 0.25) is 0 Å². The molecule has 0 amide bonds. The molecular formula is C38H49F2N5O5. The number of nitrogens with zero attached hydrogens (tertiary/aromatic N) is 5. The largest absolute Gasteiger partial charge is 0.468 e. The molecule has 2 N–H and O–H groups in total. The molecule has 2 unspecified atom stereocenters. The number of ether oxygens (including phenoxy) is 3. The second-order valence-corrected chi connectivity index (χ2v) is 15.0. The Kier molecular flexibility index (Phi) is 9.99. The van der Waals surface area contributed by atoms with Crippen LogP contribution in [0, 0.1) is 23.1 Å². The van der Waals surface area contributed by atoms with Gasteiger partial charge in [0.2, 0.25) is 0 Å². The lowest BCUT2D eigenvalue weighted by Gasteiger charge is -2.42. The van der Waals surface area contributed by atoms with Gasteiger partial charge in [-0.1, -0.05) is 13.0 Å². The van der Waals surface area contributed by atoms with Crippen molar-refractivity contribution in [2.45, 2.75) is 70.4 Å². The van der Waals surface area contributed by atoms with Crippen molar-refractivity contribution >= 4 is 34.5 Å². The van der Waals surface area contributed by atoms with Crippen LogP contribution in [0.1, 0.15) is 63.5 Å². The number of hydrogen-bond donors (Lipinski definition) is 2. The highest BCUT2D eigenvalue weighted by Crippen LogP contribution is 2.47. The molecule has 2 aromatic rings. The molecule has 3 atom stereocenters. The Labute approximate surface area is 292 Å². The number of fused-ring (bicyclic) bond motifs is 2. The van der Waals surface area contributed by atoms with E-state index >= 15 is 8.78 Å². The van der Waals surface area contributed by atoms with Crippen molar-refractivity contribution in [2.24, 2.45) is 32.2 Å². The van der Waals surface area contributed by atoms with Gasteiger partial charge in [-0.15, -0.1) is 0 Å². The summed E-state index contributed by atoms with van der Waals surface area (Å²) in [5.74, 6) is -0.122. The summed E-state index contributed by atoms with van der Waals surface area (Å²) in [4.78, 5) is 18.8. The predicted molar refractivity (Wildman–Crippen MR) is 190 cm³/mol. The molecular weight excluding hydrogens is 644 g/mol. The number of aliphatic hydroxyl groups is 2. The van der Waals surface area contributed by atoms with Crippen molar-refractivity contribution in [3.8, 4) is 5.75 Å². The number of piperidine rings is 2. The Morgan fingerprint density at radius 1 is 1.06 bits per heavy atom. The third-order valence-electron chi connectivity index (χ3n) is 11.0. The van der Waals surface area contributed by atoms with Gasteiger partial charge in [-0.2, -0.15) is 4.99 Å². The zero-order valence-corrected chi connectivity index (χ0v) is 29.3. The van der Waals surface area contributed by atoms with Gasteiger partial charge >= 0.3 is 6.02 Å². The van der Waals surface area contributed by atoms with Crippen LogP contribution in [0.3, 0.4) is 0 Å². The van der Waals surface area contributed by atoms with Gasteiger partial charge < -0.3 is 34.2 Å². The van der Waals surface area contributed by atoms with Crippen LogP contribution in [0.5, 0.6) is 5.75 Å². The van der Waals surface area contributed by atoms with E-state index < -0.39 is 23.4 Å². The average molecular weight is 694 g/mol. The van der Waals surface area contributed by atoms with Crippen LogP contribution in [0.25, 0.3) is 16.5 Å². The molecule has 0 radical (unpaired) electrons. The van der Waals surface area contributed by atoms with Crippen molar-refractivity contribution in [1.29, 1.82) is 0 Å². The summed E-state index contributed by atoms with van der Waals surface area (Å²) in [6.45, 7) is 8.19. The highest BCUT2D eigenvalue weighted by molar-refractivity contribution is 6.08. The minimum absolute atomic E-state index is 0.00483. The molecule has 7 rings (SSSR count). The highest BCUT2D eigenvalue weighted by atomic mass is 19.1. The number of amidine groups is 2. The van der Waals surface area contributed by atoms with E-state index in [1.807, 2.05) is 18.7 Å². The topological polar surface area (TPSA) is 112 Å². The molecule has 2 saturated heterocycles. The van der Waals surface area contributed by atoms with E-state index in [-0.39, 0.29) is 36.4 Å².